The van der Waals surface area contributed by atoms with E-state index in [4.69, 9.17) is 0 Å². The minimum absolute atomic E-state index is 0.457. The molecule has 0 aliphatic carbocycles. The summed E-state index contributed by atoms with van der Waals surface area (Å²) in [4.78, 5) is 14.2. The summed E-state index contributed by atoms with van der Waals surface area (Å²) in [5.74, 6) is 0. The summed E-state index contributed by atoms with van der Waals surface area (Å²) in [5.41, 5.74) is 1.64. The third-order valence-corrected chi connectivity index (χ3v) is 1.54. The van der Waals surface area contributed by atoms with Crippen LogP contribution in [0.1, 0.15) is 0 Å². The van der Waals surface area contributed by atoms with Gasteiger partial charge < -0.3 is 0 Å². The molecule has 0 saturated heterocycles. The van der Waals surface area contributed by atoms with Gasteiger partial charge in [-0.1, -0.05) is 31.9 Å². The zero-order chi connectivity index (χ0) is 11.0. The van der Waals surface area contributed by atoms with Crippen molar-refractivity contribution in [3.8, 4) is 0 Å². The third kappa shape index (κ3) is 3.63. The van der Waals surface area contributed by atoms with Crippen molar-refractivity contribution in [2.24, 2.45) is 4.99 Å². The highest BCUT2D eigenvalue weighted by Gasteiger charge is 2.01. The van der Waals surface area contributed by atoms with Gasteiger partial charge in [0.15, 0.2) is 6.29 Å². The molecule has 2 heteroatoms. The largest absolute Gasteiger partial charge is 0.298 e. The molecule has 0 aromatic rings. The molecule has 0 aromatic heterocycles. The quantitative estimate of drug-likeness (QED) is 0.272. The van der Waals surface area contributed by atoms with Crippen molar-refractivity contribution >= 4 is 13.0 Å². The fourth-order valence-corrected chi connectivity index (χ4v) is 0.767. The first kappa shape index (κ1) is 12.0. The maximum atomic E-state index is 10.6. The number of carbonyl (C=O) groups excluding carboxylic acids is 1. The van der Waals surface area contributed by atoms with Crippen molar-refractivity contribution in [1.82, 2.24) is 0 Å². The van der Waals surface area contributed by atoms with Crippen LogP contribution in [0.2, 0.25) is 0 Å². The molecule has 0 fully saturated rings. The van der Waals surface area contributed by atoms with E-state index in [0.29, 0.717) is 23.0 Å². The van der Waals surface area contributed by atoms with Crippen LogP contribution in [0.25, 0.3) is 0 Å². The summed E-state index contributed by atoms with van der Waals surface area (Å²) in [5, 5.41) is 0. The fraction of sp³-hybridized carbons (Fsp3) is 0. The van der Waals surface area contributed by atoms with Crippen molar-refractivity contribution in [3.63, 3.8) is 0 Å². The molecule has 0 unspecified atom stereocenters. The van der Waals surface area contributed by atoms with Gasteiger partial charge in [-0.25, -0.2) is 0 Å². The van der Waals surface area contributed by atoms with E-state index in [1.807, 2.05) is 0 Å². The topological polar surface area (TPSA) is 29.4 Å². The van der Waals surface area contributed by atoms with Gasteiger partial charge in [-0.15, -0.1) is 0 Å². The minimum atomic E-state index is 0.457. The van der Waals surface area contributed by atoms with Gasteiger partial charge >= 0.3 is 0 Å². The Bertz CT molecular complexity index is 332. The highest BCUT2D eigenvalue weighted by atomic mass is 16.1. The number of carbonyl (C=O) groups is 1. The van der Waals surface area contributed by atoms with Gasteiger partial charge in [-0.2, -0.15) is 0 Å². The summed E-state index contributed by atoms with van der Waals surface area (Å²) in [6, 6.07) is 0. The zero-order valence-corrected chi connectivity index (χ0v) is 8.07. The summed E-state index contributed by atoms with van der Waals surface area (Å²) >= 11 is 0. The van der Waals surface area contributed by atoms with Crippen LogP contribution in [-0.4, -0.2) is 13.0 Å². The molecule has 0 heterocycles. The lowest BCUT2D eigenvalue weighted by atomic mass is 10.0. The monoisotopic (exact) mass is 187 g/mol. The number of rotatable bonds is 6. The lowest BCUT2D eigenvalue weighted by Crippen LogP contribution is -1.91. The van der Waals surface area contributed by atoms with E-state index in [1.54, 1.807) is 12.2 Å². The highest BCUT2D eigenvalue weighted by Crippen LogP contribution is 2.15. The molecule has 0 aliphatic rings. The predicted octanol–water partition coefficient (Wildman–Crippen LogP) is 2.62. The fourth-order valence-electron chi connectivity index (χ4n) is 0.767. The summed E-state index contributed by atoms with van der Waals surface area (Å²) in [7, 11) is 0. The van der Waals surface area contributed by atoms with Crippen LogP contribution in [-0.2, 0) is 4.79 Å². The van der Waals surface area contributed by atoms with Crippen LogP contribution in [0.15, 0.2) is 65.9 Å². The molecule has 0 aromatic carbocycles. The van der Waals surface area contributed by atoms with Crippen LogP contribution < -0.4 is 0 Å². The molecule has 0 spiro atoms. The average Bonchev–Trinajstić information content (AvgIpc) is 2.21. The summed E-state index contributed by atoms with van der Waals surface area (Å²) in [6.07, 6.45) is 6.94. The summed E-state index contributed by atoms with van der Waals surface area (Å²) in [6.45, 7) is 14.3. The van der Waals surface area contributed by atoms with Gasteiger partial charge in [0.05, 0.1) is 0 Å². The van der Waals surface area contributed by atoms with Crippen LogP contribution in [0.3, 0.4) is 0 Å². The first-order valence-corrected chi connectivity index (χ1v) is 3.96. The SMILES string of the molecule is C=C/C=C(/C=O)C(=C)C(=C)/C=C\N=C. The molecular weight excluding hydrogens is 174 g/mol. The van der Waals surface area contributed by atoms with Crippen LogP contribution in [0.5, 0.6) is 0 Å². The number of allylic oxidation sites excluding steroid dienone is 6. The van der Waals surface area contributed by atoms with Crippen LogP contribution >= 0.6 is 0 Å². The van der Waals surface area contributed by atoms with Crippen LogP contribution in [0, 0.1) is 0 Å². The van der Waals surface area contributed by atoms with Crippen molar-refractivity contribution in [2.75, 3.05) is 0 Å². The predicted molar refractivity (Wildman–Crippen MR) is 61.3 cm³/mol. The minimum Gasteiger partial charge on any atom is -0.298 e. The Morgan fingerprint density at radius 2 is 1.93 bits per heavy atom. The van der Waals surface area contributed by atoms with E-state index in [9.17, 15) is 4.79 Å². The Kier molecular flexibility index (Phi) is 5.63. The first-order valence-electron chi connectivity index (χ1n) is 3.96. The molecule has 0 bridgehead atoms. The lowest BCUT2D eigenvalue weighted by molar-refractivity contribution is -0.104. The van der Waals surface area contributed by atoms with Gasteiger partial charge in [-0.05, 0) is 23.9 Å². The Balaban J connectivity index is 4.76. The van der Waals surface area contributed by atoms with Gasteiger partial charge in [0, 0.05) is 11.8 Å². The maximum absolute atomic E-state index is 10.6. The molecule has 0 amide bonds. The van der Waals surface area contributed by atoms with Crippen LogP contribution in [0.4, 0.5) is 0 Å². The van der Waals surface area contributed by atoms with Gasteiger partial charge in [0.25, 0.3) is 0 Å². The molecule has 0 atom stereocenters. The van der Waals surface area contributed by atoms with E-state index in [0.717, 1.165) is 0 Å². The Labute approximate surface area is 84.4 Å². The highest BCUT2D eigenvalue weighted by molar-refractivity contribution is 5.83. The Hall–Kier alpha value is -1.96. The second kappa shape index (κ2) is 6.54. The van der Waals surface area contributed by atoms with E-state index in [2.05, 4.69) is 31.4 Å². The van der Waals surface area contributed by atoms with Crippen molar-refractivity contribution in [3.05, 3.63) is 60.9 Å². The molecule has 0 rings (SSSR count). The van der Waals surface area contributed by atoms with E-state index in [-0.39, 0.29) is 0 Å². The molecule has 2 nitrogen and oxygen atoms in total. The smallest absolute Gasteiger partial charge is 0.150 e. The Morgan fingerprint density at radius 3 is 2.36 bits per heavy atom. The Morgan fingerprint density at radius 1 is 1.29 bits per heavy atom. The van der Waals surface area contributed by atoms with E-state index >= 15 is 0 Å². The first-order chi connectivity index (χ1) is 6.67. The molecular formula is C12H13NO. The maximum Gasteiger partial charge on any atom is 0.150 e. The normalized spacial score (nSPS) is 11.0. The van der Waals surface area contributed by atoms with Gasteiger partial charge in [0.2, 0.25) is 0 Å². The van der Waals surface area contributed by atoms with Crippen molar-refractivity contribution < 1.29 is 4.79 Å². The van der Waals surface area contributed by atoms with Crippen molar-refractivity contribution in [1.29, 1.82) is 0 Å². The third-order valence-electron chi connectivity index (χ3n) is 1.54. The second-order valence-corrected chi connectivity index (χ2v) is 2.48. The van der Waals surface area contributed by atoms with Crippen molar-refractivity contribution in [2.45, 2.75) is 0 Å². The number of aldehydes is 1. The van der Waals surface area contributed by atoms with Gasteiger partial charge in [-0.3, -0.25) is 9.79 Å². The molecule has 0 radical (unpaired) electrons. The molecule has 14 heavy (non-hydrogen) atoms. The molecule has 72 valence electrons. The van der Waals surface area contributed by atoms with E-state index < -0.39 is 0 Å². The number of aliphatic imine (C=N–C) groups is 1. The second-order valence-electron chi connectivity index (χ2n) is 2.48. The molecule has 0 N–H and O–H groups in total. The standard InChI is InChI=1S/C12H13NO/c1-5-6-12(9-14)11(3)10(2)7-8-13-4/h5-9H,1-4H2/b8-7-,12-6-. The number of hydrogen-bond acceptors (Lipinski definition) is 2. The lowest BCUT2D eigenvalue weighted by Gasteiger charge is -2.02. The van der Waals surface area contributed by atoms with Gasteiger partial charge in [0.1, 0.15) is 0 Å². The molecule has 0 saturated carbocycles. The molecule has 0 aliphatic heterocycles. The number of nitrogens with zero attached hydrogens (tertiary/aromatic N) is 1. The zero-order valence-electron chi connectivity index (χ0n) is 8.07. The summed E-state index contributed by atoms with van der Waals surface area (Å²) < 4.78 is 0. The number of hydrogen-bond donors (Lipinski definition) is 0. The average molecular weight is 187 g/mol. The van der Waals surface area contributed by atoms with E-state index in [1.165, 1.54) is 12.3 Å².